The van der Waals surface area contributed by atoms with Gasteiger partial charge in [-0.3, -0.25) is 19.0 Å². The second kappa shape index (κ2) is 12.4. The molecule has 2 aromatic heterocycles. The molecular formula is C33H31N5O7. The van der Waals surface area contributed by atoms with Gasteiger partial charge in [0.15, 0.2) is 18.1 Å². The van der Waals surface area contributed by atoms with Crippen molar-refractivity contribution in [2.45, 2.75) is 19.5 Å². The number of imidazole rings is 1. The lowest BCUT2D eigenvalue weighted by Crippen LogP contribution is -2.36. The lowest BCUT2D eigenvalue weighted by molar-refractivity contribution is -0.123. The van der Waals surface area contributed by atoms with Crippen molar-refractivity contribution in [2.24, 2.45) is 0 Å². The fraction of sp³-hybridized carbons (Fsp3) is 0.212. The number of nitrogens with one attached hydrogen (secondary N) is 2. The van der Waals surface area contributed by atoms with Gasteiger partial charge in [0.05, 0.1) is 14.2 Å². The summed E-state index contributed by atoms with van der Waals surface area (Å²) < 4.78 is 18.6. The number of fused-ring (bicyclic) bond motifs is 10. The third kappa shape index (κ3) is 5.77. The van der Waals surface area contributed by atoms with Gasteiger partial charge in [0.2, 0.25) is 0 Å². The molecule has 0 spiro atoms. The smallest absolute Gasteiger partial charge is 0.290 e. The fourth-order valence-corrected chi connectivity index (χ4v) is 5.76. The third-order valence-electron chi connectivity index (χ3n) is 7.88. The topological polar surface area (TPSA) is 148 Å². The molecule has 3 aromatic carbocycles. The van der Waals surface area contributed by atoms with Crippen LogP contribution in [0.25, 0.3) is 28.0 Å². The number of H-pyrrole nitrogens is 1. The molecule has 0 atom stereocenters. The van der Waals surface area contributed by atoms with Gasteiger partial charge in [0, 0.05) is 77.4 Å². The third-order valence-corrected chi connectivity index (χ3v) is 7.88. The molecule has 0 saturated heterocycles. The van der Waals surface area contributed by atoms with E-state index in [1.807, 2.05) is 58.1 Å². The van der Waals surface area contributed by atoms with Crippen LogP contribution < -0.4 is 19.5 Å². The zero-order chi connectivity index (χ0) is 31.5. The zero-order valence-electron chi connectivity index (χ0n) is 24.7. The Labute approximate surface area is 258 Å². The van der Waals surface area contributed by atoms with Gasteiger partial charge < -0.3 is 34.5 Å². The van der Waals surface area contributed by atoms with E-state index in [1.54, 1.807) is 32.5 Å². The Morgan fingerprint density at radius 1 is 1.09 bits per heavy atom. The van der Waals surface area contributed by atoms with Crippen LogP contribution in [0.2, 0.25) is 0 Å². The Morgan fingerprint density at radius 3 is 2.73 bits per heavy atom. The van der Waals surface area contributed by atoms with E-state index in [1.165, 1.54) is 0 Å². The molecule has 7 rings (SSSR count). The van der Waals surface area contributed by atoms with Crippen molar-refractivity contribution in [1.29, 1.82) is 0 Å². The summed E-state index contributed by atoms with van der Waals surface area (Å²) in [5.41, 5.74) is 6.18. The van der Waals surface area contributed by atoms with Gasteiger partial charge in [-0.2, -0.15) is 0 Å². The highest BCUT2D eigenvalue weighted by atomic mass is 16.5. The van der Waals surface area contributed by atoms with Crippen LogP contribution in [0.15, 0.2) is 67.0 Å². The molecule has 45 heavy (non-hydrogen) atoms. The first-order valence-corrected chi connectivity index (χ1v) is 14.2. The minimum Gasteiger partial charge on any atom is -0.497 e. The second-order valence-electron chi connectivity index (χ2n) is 10.5. The lowest BCUT2D eigenvalue weighted by Gasteiger charge is -2.28. The second-order valence-corrected chi connectivity index (χ2v) is 10.5. The van der Waals surface area contributed by atoms with E-state index in [4.69, 9.17) is 24.1 Å². The standard InChI is InChI=1S/C32H29N5O5.CH2O2/c1-40-23-4-5-26-24(15-23)25-17-36(9-7-27(25)35-26)32(39)21-11-19-12-22(13-21)37-10-8-33-31(37)20-3-6-28(41-2)29(14-20)42-18-30(38)34-16-19;2-1-3/h3-6,8,10-15,35H,7,9,16-18H2,1-2H3,(H,34,38);1H,(H,2,3). The minimum atomic E-state index is -0.281. The molecule has 0 fully saturated rings. The summed E-state index contributed by atoms with van der Waals surface area (Å²) in [7, 11) is 3.21. The molecule has 2 aliphatic rings. The van der Waals surface area contributed by atoms with Crippen LogP contribution in [0.1, 0.15) is 27.2 Å². The molecule has 2 amide bonds. The number of hydrogen-bond donors (Lipinski definition) is 3. The number of aromatic nitrogens is 3. The monoisotopic (exact) mass is 609 g/mol. The van der Waals surface area contributed by atoms with E-state index in [9.17, 15) is 9.59 Å². The highest BCUT2D eigenvalue weighted by Crippen LogP contribution is 2.34. The molecule has 0 saturated carbocycles. The van der Waals surface area contributed by atoms with Crippen LogP contribution >= 0.6 is 0 Å². The molecule has 230 valence electrons. The van der Waals surface area contributed by atoms with Crippen molar-refractivity contribution in [1.82, 2.24) is 24.8 Å². The minimum absolute atomic E-state index is 0.0756. The number of hydrogen-bond acceptors (Lipinski definition) is 7. The Bertz CT molecular complexity index is 1910. The molecule has 2 aliphatic heterocycles. The summed E-state index contributed by atoms with van der Waals surface area (Å²) in [5.74, 6) is 2.06. The van der Waals surface area contributed by atoms with Gasteiger partial charge in [-0.25, -0.2) is 4.98 Å². The van der Waals surface area contributed by atoms with Crippen molar-refractivity contribution in [3.8, 4) is 34.3 Å². The molecule has 4 bridgehead atoms. The maximum absolute atomic E-state index is 14.0. The summed E-state index contributed by atoms with van der Waals surface area (Å²) in [6.07, 6.45) is 4.31. The maximum atomic E-state index is 14.0. The van der Waals surface area contributed by atoms with Crippen LogP contribution in [0.4, 0.5) is 0 Å². The molecule has 12 nitrogen and oxygen atoms in total. The van der Waals surface area contributed by atoms with E-state index in [0.717, 1.165) is 51.1 Å². The van der Waals surface area contributed by atoms with Crippen molar-refractivity contribution in [3.05, 3.63) is 89.4 Å². The predicted molar refractivity (Wildman–Crippen MR) is 165 cm³/mol. The number of carbonyl (C=O) groups is 3. The molecule has 3 N–H and O–H groups in total. The SMILES string of the molecule is COc1ccc2[nH]c3c(c2c1)CN(C(=O)c1cc2cc(c1)-n1ccnc1-c1ccc(OC)c(c1)OCC(=O)NC2)CC3.O=CO. The number of benzene rings is 3. The molecule has 0 radical (unpaired) electrons. The normalized spacial score (nSPS) is 13.7. The molecule has 4 heterocycles. The molecule has 12 heteroatoms. The largest absolute Gasteiger partial charge is 0.497 e. The summed E-state index contributed by atoms with van der Waals surface area (Å²) in [6, 6.07) is 17.1. The maximum Gasteiger partial charge on any atom is 0.290 e. The average Bonchev–Trinajstić information content (AvgIpc) is 3.70. The van der Waals surface area contributed by atoms with Gasteiger partial charge in [-0.05, 0) is 60.2 Å². The summed E-state index contributed by atoms with van der Waals surface area (Å²) in [4.78, 5) is 45.1. The van der Waals surface area contributed by atoms with Crippen LogP contribution in [-0.4, -0.2) is 70.2 Å². The number of nitrogens with zero attached hydrogens (tertiary/aromatic N) is 3. The molecule has 0 aliphatic carbocycles. The van der Waals surface area contributed by atoms with E-state index in [0.29, 0.717) is 36.0 Å². The van der Waals surface area contributed by atoms with Crippen LogP contribution in [0.3, 0.4) is 0 Å². The zero-order valence-corrected chi connectivity index (χ0v) is 24.7. The Balaban J connectivity index is 0.00000115. The Hall–Kier alpha value is -5.78. The van der Waals surface area contributed by atoms with Crippen molar-refractivity contribution < 1.29 is 33.7 Å². The highest BCUT2D eigenvalue weighted by Gasteiger charge is 2.26. The lowest BCUT2D eigenvalue weighted by atomic mass is 10.0. The number of carbonyl (C=O) groups excluding carboxylic acids is 2. The molecular weight excluding hydrogens is 578 g/mol. The first-order valence-electron chi connectivity index (χ1n) is 14.2. The van der Waals surface area contributed by atoms with Crippen LogP contribution in [0.5, 0.6) is 17.2 Å². The van der Waals surface area contributed by atoms with Gasteiger partial charge in [-0.1, -0.05) is 0 Å². The summed E-state index contributed by atoms with van der Waals surface area (Å²) in [5, 5.41) is 10.9. The van der Waals surface area contributed by atoms with Gasteiger partial charge in [0.25, 0.3) is 18.3 Å². The van der Waals surface area contributed by atoms with E-state index in [-0.39, 0.29) is 31.4 Å². The van der Waals surface area contributed by atoms with E-state index in [2.05, 4.69) is 15.3 Å². The van der Waals surface area contributed by atoms with Crippen LogP contribution in [0, 0.1) is 0 Å². The highest BCUT2D eigenvalue weighted by molar-refractivity contribution is 5.96. The Morgan fingerprint density at radius 2 is 1.93 bits per heavy atom. The van der Waals surface area contributed by atoms with Crippen LogP contribution in [-0.2, 0) is 29.1 Å². The van der Waals surface area contributed by atoms with Crippen molar-refractivity contribution in [2.75, 3.05) is 27.4 Å². The van der Waals surface area contributed by atoms with Crippen molar-refractivity contribution in [3.63, 3.8) is 0 Å². The number of carboxylic acid groups (broad SMARTS) is 1. The quantitative estimate of drug-likeness (QED) is 0.261. The van der Waals surface area contributed by atoms with Gasteiger partial charge in [-0.15, -0.1) is 0 Å². The molecule has 5 aromatic rings. The molecule has 0 unspecified atom stereocenters. The first-order chi connectivity index (χ1) is 21.9. The van der Waals surface area contributed by atoms with E-state index < -0.39 is 0 Å². The summed E-state index contributed by atoms with van der Waals surface area (Å²) in [6.45, 7) is 0.890. The fourth-order valence-electron chi connectivity index (χ4n) is 5.76. The average molecular weight is 610 g/mol. The summed E-state index contributed by atoms with van der Waals surface area (Å²) >= 11 is 0. The van der Waals surface area contributed by atoms with E-state index >= 15 is 0 Å². The predicted octanol–water partition coefficient (Wildman–Crippen LogP) is 3.95. The first kappa shape index (κ1) is 29.3. The number of amides is 2. The number of ether oxygens (including phenoxy) is 3. The Kier molecular flexibility index (Phi) is 8.10. The number of rotatable bonds is 3. The van der Waals surface area contributed by atoms with Gasteiger partial charge >= 0.3 is 0 Å². The van der Waals surface area contributed by atoms with Crippen molar-refractivity contribution >= 4 is 29.2 Å². The van der Waals surface area contributed by atoms with Gasteiger partial charge in [0.1, 0.15) is 11.6 Å². The number of methoxy groups -OCH3 is 2. The number of aromatic amines is 1.